The summed E-state index contributed by atoms with van der Waals surface area (Å²) in [7, 11) is 0. The number of piperidine rings is 1. The van der Waals surface area contributed by atoms with Gasteiger partial charge in [0.15, 0.2) is 5.82 Å². The van der Waals surface area contributed by atoms with Crippen LogP contribution < -0.4 is 10.6 Å². The van der Waals surface area contributed by atoms with Crippen molar-refractivity contribution in [2.24, 2.45) is 5.92 Å². The van der Waals surface area contributed by atoms with Crippen LogP contribution in [0.25, 0.3) is 5.52 Å². The van der Waals surface area contributed by atoms with Crippen molar-refractivity contribution in [3.05, 3.63) is 23.1 Å². The second-order valence-corrected chi connectivity index (χ2v) is 7.22. The molecule has 0 radical (unpaired) electrons. The van der Waals surface area contributed by atoms with Crippen molar-refractivity contribution in [3.8, 4) is 0 Å². The SMILES string of the molecule is Brc1cnn2ccnc(NCC3CCNC4(CCC4)C3)c12. The number of aromatic nitrogens is 3. The van der Waals surface area contributed by atoms with E-state index in [1.807, 2.05) is 16.9 Å². The van der Waals surface area contributed by atoms with Gasteiger partial charge in [-0.3, -0.25) is 0 Å². The number of hydrogen-bond donors (Lipinski definition) is 2. The Bertz CT molecular complexity index is 649. The zero-order valence-corrected chi connectivity index (χ0v) is 13.6. The van der Waals surface area contributed by atoms with Crippen molar-refractivity contribution in [2.45, 2.75) is 37.6 Å². The van der Waals surface area contributed by atoms with E-state index in [1.54, 1.807) is 6.20 Å². The fraction of sp³-hybridized carbons (Fsp3) is 0.600. The van der Waals surface area contributed by atoms with E-state index in [0.29, 0.717) is 5.54 Å². The van der Waals surface area contributed by atoms with Gasteiger partial charge in [0, 0.05) is 24.5 Å². The molecule has 3 heterocycles. The van der Waals surface area contributed by atoms with Gasteiger partial charge in [0.25, 0.3) is 0 Å². The molecule has 1 unspecified atom stereocenters. The average Bonchev–Trinajstić information content (AvgIpc) is 2.86. The van der Waals surface area contributed by atoms with Crippen LogP contribution in [0, 0.1) is 5.92 Å². The molecular formula is C15H20BrN5. The Hall–Kier alpha value is -1.14. The minimum absolute atomic E-state index is 0.460. The molecule has 112 valence electrons. The maximum atomic E-state index is 4.48. The van der Waals surface area contributed by atoms with Crippen molar-refractivity contribution in [1.82, 2.24) is 19.9 Å². The van der Waals surface area contributed by atoms with Gasteiger partial charge in [0.05, 0.1) is 10.7 Å². The summed E-state index contributed by atoms with van der Waals surface area (Å²) in [6.07, 6.45) is 12.1. The van der Waals surface area contributed by atoms with E-state index >= 15 is 0 Å². The van der Waals surface area contributed by atoms with E-state index in [2.05, 4.69) is 36.6 Å². The summed E-state index contributed by atoms with van der Waals surface area (Å²) in [5.41, 5.74) is 1.48. The van der Waals surface area contributed by atoms with Crippen LogP contribution in [0.1, 0.15) is 32.1 Å². The van der Waals surface area contributed by atoms with E-state index in [-0.39, 0.29) is 0 Å². The van der Waals surface area contributed by atoms with Crippen LogP contribution in [0.3, 0.4) is 0 Å². The first-order chi connectivity index (χ1) is 10.3. The van der Waals surface area contributed by atoms with Crippen LogP contribution >= 0.6 is 15.9 Å². The van der Waals surface area contributed by atoms with Crippen LogP contribution in [-0.2, 0) is 0 Å². The standard InChI is InChI=1S/C15H20BrN5/c16-12-10-20-21-7-6-17-14(13(12)21)18-9-11-2-5-19-15(8-11)3-1-4-15/h6-7,10-11,19H,1-5,8-9H2,(H,17,18). The Balaban J connectivity index is 1.47. The highest BCUT2D eigenvalue weighted by Gasteiger charge is 2.40. The first kappa shape index (κ1) is 13.5. The van der Waals surface area contributed by atoms with E-state index < -0.39 is 0 Å². The third-order valence-corrected chi connectivity index (χ3v) is 5.57. The van der Waals surface area contributed by atoms with Gasteiger partial charge in [-0.05, 0) is 60.5 Å². The van der Waals surface area contributed by atoms with Crippen LogP contribution in [0.4, 0.5) is 5.82 Å². The molecule has 1 aliphatic carbocycles. The molecule has 0 amide bonds. The highest BCUT2D eigenvalue weighted by Crippen LogP contribution is 2.40. The third kappa shape index (κ3) is 2.44. The summed E-state index contributed by atoms with van der Waals surface area (Å²) in [6, 6.07) is 0. The normalized spacial score (nSPS) is 24.1. The predicted octanol–water partition coefficient (Wildman–Crippen LogP) is 2.83. The number of anilines is 1. The molecule has 2 aromatic rings. The highest BCUT2D eigenvalue weighted by molar-refractivity contribution is 9.10. The summed E-state index contributed by atoms with van der Waals surface area (Å²) >= 11 is 3.55. The van der Waals surface area contributed by atoms with Gasteiger partial charge >= 0.3 is 0 Å². The summed E-state index contributed by atoms with van der Waals surface area (Å²) in [6.45, 7) is 2.15. The average molecular weight is 350 g/mol. The van der Waals surface area contributed by atoms with Crippen LogP contribution in [0.2, 0.25) is 0 Å². The Morgan fingerprint density at radius 3 is 3.19 bits per heavy atom. The molecule has 1 aliphatic heterocycles. The van der Waals surface area contributed by atoms with Gasteiger partial charge in [-0.2, -0.15) is 5.10 Å². The topological polar surface area (TPSA) is 54.2 Å². The lowest BCUT2D eigenvalue weighted by molar-refractivity contribution is 0.111. The quantitative estimate of drug-likeness (QED) is 0.894. The summed E-state index contributed by atoms with van der Waals surface area (Å²) in [5, 5.41) is 11.6. The lowest BCUT2D eigenvalue weighted by Gasteiger charge is -2.48. The van der Waals surface area contributed by atoms with Crippen molar-refractivity contribution >= 4 is 27.3 Å². The lowest BCUT2D eigenvalue weighted by atomic mass is 9.68. The van der Waals surface area contributed by atoms with E-state index in [4.69, 9.17) is 0 Å². The summed E-state index contributed by atoms with van der Waals surface area (Å²) in [5.74, 6) is 1.65. The number of halogens is 1. The number of hydrogen-bond acceptors (Lipinski definition) is 4. The molecule has 2 fully saturated rings. The predicted molar refractivity (Wildman–Crippen MR) is 86.5 cm³/mol. The van der Waals surface area contributed by atoms with Crippen LogP contribution in [0.15, 0.2) is 23.1 Å². The number of nitrogens with zero attached hydrogens (tertiary/aromatic N) is 3. The second kappa shape index (κ2) is 5.25. The molecule has 1 spiro atoms. The van der Waals surface area contributed by atoms with Gasteiger partial charge in [0.2, 0.25) is 0 Å². The van der Waals surface area contributed by atoms with Crippen LogP contribution in [-0.4, -0.2) is 33.2 Å². The van der Waals surface area contributed by atoms with E-state index in [9.17, 15) is 0 Å². The Kier molecular flexibility index (Phi) is 3.38. The zero-order chi connectivity index (χ0) is 14.3. The van der Waals surface area contributed by atoms with Gasteiger partial charge in [-0.1, -0.05) is 0 Å². The molecule has 21 heavy (non-hydrogen) atoms. The number of nitrogens with one attached hydrogen (secondary N) is 2. The largest absolute Gasteiger partial charge is 0.368 e. The molecule has 2 aliphatic rings. The summed E-state index contributed by atoms with van der Waals surface area (Å²) in [4.78, 5) is 4.48. The first-order valence-electron chi connectivity index (χ1n) is 7.73. The molecule has 4 rings (SSSR count). The molecule has 0 aromatic carbocycles. The fourth-order valence-electron chi connectivity index (χ4n) is 3.71. The maximum absolute atomic E-state index is 4.48. The van der Waals surface area contributed by atoms with Gasteiger partial charge in [-0.15, -0.1) is 0 Å². The second-order valence-electron chi connectivity index (χ2n) is 6.36. The van der Waals surface area contributed by atoms with Crippen LogP contribution in [0.5, 0.6) is 0 Å². The molecule has 1 saturated carbocycles. The molecular weight excluding hydrogens is 330 g/mol. The molecule has 0 bridgehead atoms. The zero-order valence-electron chi connectivity index (χ0n) is 12.0. The Labute approximate surface area is 132 Å². The Morgan fingerprint density at radius 1 is 1.48 bits per heavy atom. The Morgan fingerprint density at radius 2 is 2.38 bits per heavy atom. The number of rotatable bonds is 3. The van der Waals surface area contributed by atoms with E-state index in [0.717, 1.165) is 34.8 Å². The molecule has 2 aromatic heterocycles. The monoisotopic (exact) mass is 349 g/mol. The van der Waals surface area contributed by atoms with Crippen molar-refractivity contribution < 1.29 is 0 Å². The van der Waals surface area contributed by atoms with Crippen molar-refractivity contribution in [1.29, 1.82) is 0 Å². The van der Waals surface area contributed by atoms with Crippen molar-refractivity contribution in [2.75, 3.05) is 18.4 Å². The van der Waals surface area contributed by atoms with Gasteiger partial charge in [-0.25, -0.2) is 9.50 Å². The smallest absolute Gasteiger partial charge is 0.153 e. The maximum Gasteiger partial charge on any atom is 0.153 e. The fourth-order valence-corrected chi connectivity index (χ4v) is 4.17. The van der Waals surface area contributed by atoms with Crippen molar-refractivity contribution in [3.63, 3.8) is 0 Å². The van der Waals surface area contributed by atoms with E-state index in [1.165, 1.54) is 32.1 Å². The third-order valence-electron chi connectivity index (χ3n) is 4.99. The van der Waals surface area contributed by atoms with Gasteiger partial charge in [0.1, 0.15) is 5.52 Å². The minimum atomic E-state index is 0.460. The summed E-state index contributed by atoms with van der Waals surface area (Å²) < 4.78 is 2.84. The molecule has 1 saturated heterocycles. The minimum Gasteiger partial charge on any atom is -0.368 e. The molecule has 6 heteroatoms. The lowest BCUT2D eigenvalue weighted by Crippen LogP contribution is -2.56. The molecule has 2 N–H and O–H groups in total. The van der Waals surface area contributed by atoms with Gasteiger partial charge < -0.3 is 10.6 Å². The number of fused-ring (bicyclic) bond motifs is 1. The first-order valence-corrected chi connectivity index (χ1v) is 8.52. The molecule has 1 atom stereocenters. The highest BCUT2D eigenvalue weighted by atomic mass is 79.9. The molecule has 5 nitrogen and oxygen atoms in total.